The molecule has 7 heteroatoms. The quantitative estimate of drug-likeness (QED) is 0.863. The fourth-order valence-electron chi connectivity index (χ4n) is 2.29. The van der Waals surface area contributed by atoms with E-state index in [0.717, 1.165) is 37.8 Å². The van der Waals surface area contributed by atoms with Gasteiger partial charge in [0.05, 0.1) is 24.3 Å². The Hall–Kier alpha value is -2.88. The number of hydrogen-bond donors (Lipinski definition) is 1. The van der Waals surface area contributed by atoms with Gasteiger partial charge in [0.25, 0.3) is 0 Å². The van der Waals surface area contributed by atoms with Crippen LogP contribution in [-0.4, -0.2) is 41.1 Å². The van der Waals surface area contributed by atoms with E-state index in [0.29, 0.717) is 11.4 Å². The number of aromatic nitrogens is 3. The van der Waals surface area contributed by atoms with Gasteiger partial charge in [0.1, 0.15) is 17.7 Å². The van der Waals surface area contributed by atoms with Gasteiger partial charge in [0.15, 0.2) is 5.69 Å². The molecule has 0 aromatic carbocycles. The van der Waals surface area contributed by atoms with Gasteiger partial charge in [0.2, 0.25) is 0 Å². The molecule has 1 aliphatic rings. The van der Waals surface area contributed by atoms with Gasteiger partial charge in [-0.2, -0.15) is 5.26 Å². The largest absolute Gasteiger partial charge is 0.397 e. The zero-order chi connectivity index (χ0) is 14.7. The van der Waals surface area contributed by atoms with Crippen molar-refractivity contribution >= 4 is 17.3 Å². The number of nitrogen functional groups attached to an aromatic ring is 1. The lowest BCUT2D eigenvalue weighted by atomic mass is 10.3. The fourth-order valence-corrected chi connectivity index (χ4v) is 2.29. The summed E-state index contributed by atoms with van der Waals surface area (Å²) in [5.74, 6) is 1.74. The number of hydrogen-bond acceptors (Lipinski definition) is 7. The maximum absolute atomic E-state index is 8.73. The Bertz CT molecular complexity index is 637. The first-order valence-corrected chi connectivity index (χ1v) is 6.70. The number of piperazine rings is 1. The van der Waals surface area contributed by atoms with Crippen LogP contribution in [0.2, 0.25) is 0 Å². The first-order chi connectivity index (χ1) is 10.3. The Morgan fingerprint density at radius 2 is 1.57 bits per heavy atom. The Morgan fingerprint density at radius 1 is 0.905 bits per heavy atom. The molecule has 0 amide bonds. The van der Waals surface area contributed by atoms with Crippen molar-refractivity contribution in [1.29, 1.82) is 5.26 Å². The molecule has 1 saturated heterocycles. The lowest BCUT2D eigenvalue weighted by Crippen LogP contribution is -2.47. The number of nitrogens with two attached hydrogens (primary N) is 1. The summed E-state index contributed by atoms with van der Waals surface area (Å²) >= 11 is 0. The zero-order valence-corrected chi connectivity index (χ0v) is 11.5. The maximum atomic E-state index is 8.73. The predicted molar refractivity (Wildman–Crippen MR) is 79.8 cm³/mol. The van der Waals surface area contributed by atoms with Crippen LogP contribution in [-0.2, 0) is 0 Å². The summed E-state index contributed by atoms with van der Waals surface area (Å²) in [6, 6.07) is 5.77. The molecule has 0 unspecified atom stereocenters. The van der Waals surface area contributed by atoms with Crippen molar-refractivity contribution < 1.29 is 0 Å². The third kappa shape index (κ3) is 2.84. The molecule has 106 valence electrons. The summed E-state index contributed by atoms with van der Waals surface area (Å²) in [5.41, 5.74) is 6.66. The van der Waals surface area contributed by atoms with E-state index in [1.165, 1.54) is 6.20 Å². The standard InChI is InChI=1S/C14H15N7/c15-7-12-9-19-14(10-17-12)21-5-3-20(4-6-21)13-2-1-11(16)8-18-13/h1-2,8-10H,3-6,16H2. The second kappa shape index (κ2) is 5.63. The van der Waals surface area contributed by atoms with Crippen molar-refractivity contribution in [2.24, 2.45) is 0 Å². The highest BCUT2D eigenvalue weighted by Gasteiger charge is 2.19. The van der Waals surface area contributed by atoms with E-state index in [9.17, 15) is 0 Å². The van der Waals surface area contributed by atoms with Crippen LogP contribution >= 0.6 is 0 Å². The van der Waals surface area contributed by atoms with E-state index in [2.05, 4.69) is 24.8 Å². The summed E-state index contributed by atoms with van der Waals surface area (Å²) in [6.07, 6.45) is 4.83. The van der Waals surface area contributed by atoms with Crippen molar-refractivity contribution in [2.45, 2.75) is 0 Å². The van der Waals surface area contributed by atoms with Gasteiger partial charge in [0, 0.05) is 26.2 Å². The summed E-state index contributed by atoms with van der Waals surface area (Å²) in [6.45, 7) is 3.40. The first-order valence-electron chi connectivity index (χ1n) is 6.70. The summed E-state index contributed by atoms with van der Waals surface area (Å²) in [5, 5.41) is 8.73. The molecule has 1 aliphatic heterocycles. The molecule has 2 aromatic heterocycles. The molecule has 1 fully saturated rings. The molecule has 0 aliphatic carbocycles. The van der Waals surface area contributed by atoms with Crippen LogP contribution in [0.4, 0.5) is 17.3 Å². The Kier molecular flexibility index (Phi) is 3.51. The van der Waals surface area contributed by atoms with E-state index in [4.69, 9.17) is 11.0 Å². The summed E-state index contributed by atoms with van der Waals surface area (Å²) < 4.78 is 0. The molecule has 0 spiro atoms. The van der Waals surface area contributed by atoms with E-state index >= 15 is 0 Å². The zero-order valence-electron chi connectivity index (χ0n) is 11.5. The van der Waals surface area contributed by atoms with Gasteiger partial charge in [-0.05, 0) is 12.1 Å². The van der Waals surface area contributed by atoms with Crippen LogP contribution in [0.5, 0.6) is 0 Å². The Labute approximate surface area is 122 Å². The average molecular weight is 281 g/mol. The van der Waals surface area contributed by atoms with E-state index < -0.39 is 0 Å². The molecule has 3 heterocycles. The van der Waals surface area contributed by atoms with Gasteiger partial charge in [-0.1, -0.05) is 0 Å². The van der Waals surface area contributed by atoms with E-state index in [1.807, 2.05) is 18.2 Å². The molecule has 3 rings (SSSR count). The highest BCUT2D eigenvalue weighted by atomic mass is 15.3. The van der Waals surface area contributed by atoms with Crippen LogP contribution in [0, 0.1) is 11.3 Å². The van der Waals surface area contributed by atoms with Crippen LogP contribution in [0.3, 0.4) is 0 Å². The van der Waals surface area contributed by atoms with E-state index in [-0.39, 0.29) is 0 Å². The van der Waals surface area contributed by atoms with Gasteiger partial charge in [-0.15, -0.1) is 0 Å². The Balaban J connectivity index is 1.64. The van der Waals surface area contributed by atoms with Gasteiger partial charge in [-0.3, -0.25) is 0 Å². The molecule has 21 heavy (non-hydrogen) atoms. The van der Waals surface area contributed by atoms with Gasteiger partial charge in [-0.25, -0.2) is 15.0 Å². The summed E-state index contributed by atoms with van der Waals surface area (Å²) in [4.78, 5) is 17.0. The number of nitrogens with zero attached hydrogens (tertiary/aromatic N) is 6. The van der Waals surface area contributed by atoms with Gasteiger partial charge >= 0.3 is 0 Å². The fraction of sp³-hybridized carbons (Fsp3) is 0.286. The molecule has 2 aromatic rings. The average Bonchev–Trinajstić information content (AvgIpc) is 2.56. The van der Waals surface area contributed by atoms with Crippen molar-refractivity contribution in [2.75, 3.05) is 41.7 Å². The number of rotatable bonds is 2. The molecule has 0 bridgehead atoms. The lowest BCUT2D eigenvalue weighted by molar-refractivity contribution is 0.640. The third-order valence-corrected chi connectivity index (χ3v) is 3.45. The maximum Gasteiger partial charge on any atom is 0.158 e. The van der Waals surface area contributed by atoms with E-state index in [1.54, 1.807) is 12.4 Å². The van der Waals surface area contributed by atoms with Crippen LogP contribution in [0.1, 0.15) is 5.69 Å². The van der Waals surface area contributed by atoms with Gasteiger partial charge < -0.3 is 15.5 Å². The van der Waals surface area contributed by atoms with Crippen molar-refractivity contribution in [1.82, 2.24) is 15.0 Å². The minimum absolute atomic E-state index is 0.337. The number of nitriles is 1. The SMILES string of the molecule is N#Cc1cnc(N2CCN(c3ccc(N)cn3)CC2)cn1. The highest BCUT2D eigenvalue weighted by Crippen LogP contribution is 2.17. The van der Waals surface area contributed by atoms with Crippen molar-refractivity contribution in [3.8, 4) is 6.07 Å². The van der Waals surface area contributed by atoms with Crippen molar-refractivity contribution in [3.63, 3.8) is 0 Å². The van der Waals surface area contributed by atoms with Crippen LogP contribution in [0.25, 0.3) is 0 Å². The van der Waals surface area contributed by atoms with Crippen LogP contribution < -0.4 is 15.5 Å². The molecule has 2 N–H and O–H groups in total. The molecule has 0 atom stereocenters. The predicted octanol–water partition coefficient (Wildman–Crippen LogP) is 0.652. The minimum Gasteiger partial charge on any atom is -0.397 e. The molecule has 0 radical (unpaired) electrons. The Morgan fingerprint density at radius 3 is 2.10 bits per heavy atom. The molecule has 7 nitrogen and oxygen atoms in total. The topological polar surface area (TPSA) is 95.0 Å². The smallest absolute Gasteiger partial charge is 0.158 e. The highest BCUT2D eigenvalue weighted by molar-refractivity contribution is 5.48. The molecular formula is C14H15N7. The molecular weight excluding hydrogens is 266 g/mol. The second-order valence-electron chi connectivity index (χ2n) is 4.80. The van der Waals surface area contributed by atoms with Crippen molar-refractivity contribution in [3.05, 3.63) is 36.4 Å². The lowest BCUT2D eigenvalue weighted by Gasteiger charge is -2.35. The monoisotopic (exact) mass is 281 g/mol. The number of pyridine rings is 1. The summed E-state index contributed by atoms with van der Waals surface area (Å²) in [7, 11) is 0. The molecule has 0 saturated carbocycles. The van der Waals surface area contributed by atoms with Crippen LogP contribution in [0.15, 0.2) is 30.7 Å². The number of anilines is 3. The first kappa shape index (κ1) is 13.1. The third-order valence-electron chi connectivity index (χ3n) is 3.45. The minimum atomic E-state index is 0.337. The second-order valence-corrected chi connectivity index (χ2v) is 4.80. The normalized spacial score (nSPS) is 14.8.